The monoisotopic (exact) mass is 517 g/mol. The normalized spacial score (nSPS) is 12.5. The fourth-order valence-electron chi connectivity index (χ4n) is 3.87. The minimum absolute atomic E-state index is 0. The van der Waals surface area contributed by atoms with Crippen LogP contribution in [-0.2, 0) is 13.0 Å². The van der Waals surface area contributed by atoms with Crippen molar-refractivity contribution in [3.8, 4) is 5.75 Å². The highest BCUT2D eigenvalue weighted by molar-refractivity contribution is 5.92. The lowest BCUT2D eigenvalue weighted by Gasteiger charge is -2.22. The maximum Gasteiger partial charge on any atom is 0.269 e. The van der Waals surface area contributed by atoms with E-state index in [2.05, 4.69) is 63.8 Å². The number of carbonyl (C=O) groups is 1. The highest BCUT2D eigenvalue weighted by atomic mass is 35.5. The first-order valence-electron chi connectivity index (χ1n) is 12.1. The van der Waals surface area contributed by atoms with Crippen LogP contribution in [0, 0.1) is 0 Å². The number of hydrogen-bond donors (Lipinski definition) is 3. The zero-order valence-electron chi connectivity index (χ0n) is 20.7. The Kier molecular flexibility index (Phi) is 10.5. The average molecular weight is 518 g/mol. The van der Waals surface area contributed by atoms with Crippen LogP contribution in [0.2, 0.25) is 0 Å². The van der Waals surface area contributed by atoms with Crippen molar-refractivity contribution in [1.29, 1.82) is 0 Å². The largest absolute Gasteiger partial charge is 0.489 e. The number of aromatic nitrogens is 2. The standard InChI is InChI=1S/C30H31N3O3.ClH/c1-22(34)27(33-30(35)28-19-31-21-32-28)18-17-26-9-5-6-10-29(26)36-20-25-15-13-24(14-16-25)12-11-23-7-3-2-4-8-23;/h2-16,19,21-22,27,34H,17-18,20H2,1H3,(H,31,32)(H,33,35);1H/t22-,27+;/m0./s1. The fraction of sp³-hybridized carbons (Fsp3) is 0.200. The molecule has 0 unspecified atom stereocenters. The van der Waals surface area contributed by atoms with Crippen LogP contribution in [0.25, 0.3) is 12.2 Å². The summed E-state index contributed by atoms with van der Waals surface area (Å²) in [7, 11) is 0. The molecule has 192 valence electrons. The van der Waals surface area contributed by atoms with Gasteiger partial charge in [-0.15, -0.1) is 12.4 Å². The molecule has 0 aliphatic heterocycles. The molecule has 0 saturated heterocycles. The first kappa shape index (κ1) is 27.7. The van der Waals surface area contributed by atoms with Crippen LogP contribution in [0.15, 0.2) is 91.4 Å². The maximum absolute atomic E-state index is 12.4. The summed E-state index contributed by atoms with van der Waals surface area (Å²) < 4.78 is 6.14. The minimum Gasteiger partial charge on any atom is -0.489 e. The van der Waals surface area contributed by atoms with Crippen molar-refractivity contribution in [3.05, 3.63) is 119 Å². The van der Waals surface area contributed by atoms with Gasteiger partial charge in [-0.25, -0.2) is 4.98 Å². The second kappa shape index (κ2) is 14.0. The Morgan fingerprint density at radius 3 is 2.35 bits per heavy atom. The van der Waals surface area contributed by atoms with Crippen molar-refractivity contribution in [2.24, 2.45) is 0 Å². The molecule has 1 aromatic heterocycles. The number of amides is 1. The summed E-state index contributed by atoms with van der Waals surface area (Å²) in [6.07, 6.45) is 7.63. The smallest absolute Gasteiger partial charge is 0.269 e. The molecule has 0 spiro atoms. The summed E-state index contributed by atoms with van der Waals surface area (Å²) in [4.78, 5) is 19.0. The Balaban J connectivity index is 0.00000380. The molecule has 0 fully saturated rings. The lowest BCUT2D eigenvalue weighted by Crippen LogP contribution is -2.42. The number of benzene rings is 3. The summed E-state index contributed by atoms with van der Waals surface area (Å²) in [5, 5.41) is 13.1. The van der Waals surface area contributed by atoms with E-state index in [9.17, 15) is 9.90 Å². The number of nitrogens with one attached hydrogen (secondary N) is 2. The third kappa shape index (κ3) is 8.34. The predicted octanol–water partition coefficient (Wildman–Crippen LogP) is 5.69. The summed E-state index contributed by atoms with van der Waals surface area (Å²) in [6.45, 7) is 2.13. The molecule has 6 nitrogen and oxygen atoms in total. The van der Waals surface area contributed by atoms with Gasteiger partial charge in [0.1, 0.15) is 18.1 Å². The Bertz CT molecular complexity index is 1260. The zero-order chi connectivity index (χ0) is 25.2. The number of imidazole rings is 1. The summed E-state index contributed by atoms with van der Waals surface area (Å²) >= 11 is 0. The molecular formula is C30H32ClN3O3. The van der Waals surface area contributed by atoms with Gasteiger partial charge in [0.05, 0.1) is 24.7 Å². The molecule has 0 radical (unpaired) electrons. The van der Waals surface area contributed by atoms with Gasteiger partial charge in [0.2, 0.25) is 0 Å². The zero-order valence-corrected chi connectivity index (χ0v) is 21.5. The van der Waals surface area contributed by atoms with Crippen LogP contribution in [-0.4, -0.2) is 33.1 Å². The Labute approximate surface area is 223 Å². The number of para-hydroxylation sites is 1. The lowest BCUT2D eigenvalue weighted by molar-refractivity contribution is 0.0846. The van der Waals surface area contributed by atoms with E-state index in [-0.39, 0.29) is 18.3 Å². The Morgan fingerprint density at radius 2 is 1.68 bits per heavy atom. The lowest BCUT2D eigenvalue weighted by atomic mass is 10.0. The number of aryl methyl sites for hydroxylation is 1. The number of ether oxygens (including phenoxy) is 1. The number of aliphatic hydroxyl groups is 1. The first-order chi connectivity index (χ1) is 17.6. The van der Waals surface area contributed by atoms with Gasteiger partial charge < -0.3 is 20.1 Å². The molecule has 3 N–H and O–H groups in total. The number of aliphatic hydroxyl groups excluding tert-OH is 1. The van der Waals surface area contributed by atoms with Gasteiger partial charge in [-0.3, -0.25) is 4.79 Å². The number of aromatic amines is 1. The SMILES string of the molecule is C[C@H](O)[C@@H](CCc1ccccc1OCc1ccc(C=Cc2ccccc2)cc1)NC(=O)c1cnc[nH]1.Cl. The van der Waals surface area contributed by atoms with Crippen molar-refractivity contribution in [3.63, 3.8) is 0 Å². The second-order valence-electron chi connectivity index (χ2n) is 8.71. The van der Waals surface area contributed by atoms with E-state index < -0.39 is 12.1 Å². The molecular weight excluding hydrogens is 486 g/mol. The van der Waals surface area contributed by atoms with E-state index >= 15 is 0 Å². The van der Waals surface area contributed by atoms with Crippen molar-refractivity contribution < 1.29 is 14.6 Å². The van der Waals surface area contributed by atoms with Gasteiger partial charge in [0, 0.05) is 0 Å². The Morgan fingerprint density at radius 1 is 1.00 bits per heavy atom. The van der Waals surface area contributed by atoms with E-state index in [0.717, 1.165) is 22.4 Å². The van der Waals surface area contributed by atoms with E-state index in [1.807, 2.05) is 42.5 Å². The van der Waals surface area contributed by atoms with Gasteiger partial charge in [-0.2, -0.15) is 0 Å². The molecule has 0 aliphatic carbocycles. The predicted molar refractivity (Wildman–Crippen MR) is 150 cm³/mol. The van der Waals surface area contributed by atoms with Crippen molar-refractivity contribution in [2.75, 3.05) is 0 Å². The van der Waals surface area contributed by atoms with Crippen LogP contribution < -0.4 is 10.1 Å². The molecule has 1 heterocycles. The van der Waals surface area contributed by atoms with Crippen molar-refractivity contribution >= 4 is 30.5 Å². The van der Waals surface area contributed by atoms with Gasteiger partial charge in [0.25, 0.3) is 5.91 Å². The van der Waals surface area contributed by atoms with Crippen molar-refractivity contribution in [1.82, 2.24) is 15.3 Å². The number of H-pyrrole nitrogens is 1. The van der Waals surface area contributed by atoms with E-state index in [0.29, 0.717) is 25.1 Å². The molecule has 0 bridgehead atoms. The fourth-order valence-corrected chi connectivity index (χ4v) is 3.87. The molecule has 0 saturated carbocycles. The highest BCUT2D eigenvalue weighted by Crippen LogP contribution is 2.22. The number of hydrogen-bond acceptors (Lipinski definition) is 4. The van der Waals surface area contributed by atoms with Crippen LogP contribution >= 0.6 is 12.4 Å². The quantitative estimate of drug-likeness (QED) is 0.223. The minimum atomic E-state index is -0.695. The number of nitrogens with zero attached hydrogens (tertiary/aromatic N) is 1. The summed E-state index contributed by atoms with van der Waals surface area (Å²) in [5.74, 6) is 0.514. The topological polar surface area (TPSA) is 87.2 Å². The van der Waals surface area contributed by atoms with Crippen molar-refractivity contribution in [2.45, 2.75) is 38.5 Å². The number of carbonyl (C=O) groups excluding carboxylic acids is 1. The average Bonchev–Trinajstić information content (AvgIpc) is 3.45. The van der Waals surface area contributed by atoms with Crippen LogP contribution in [0.5, 0.6) is 5.75 Å². The molecule has 1 amide bonds. The van der Waals surface area contributed by atoms with Crippen LogP contribution in [0.3, 0.4) is 0 Å². The third-order valence-corrected chi connectivity index (χ3v) is 5.98. The molecule has 7 heteroatoms. The van der Waals surface area contributed by atoms with Gasteiger partial charge in [-0.1, -0.05) is 84.9 Å². The van der Waals surface area contributed by atoms with E-state index in [1.165, 1.54) is 18.1 Å². The van der Waals surface area contributed by atoms with Crippen LogP contribution in [0.1, 0.15) is 46.1 Å². The molecule has 37 heavy (non-hydrogen) atoms. The van der Waals surface area contributed by atoms with E-state index in [4.69, 9.17) is 4.74 Å². The molecule has 4 rings (SSSR count). The molecule has 4 aromatic rings. The number of halogens is 1. The summed E-state index contributed by atoms with van der Waals surface area (Å²) in [6, 6.07) is 26.0. The maximum atomic E-state index is 12.4. The van der Waals surface area contributed by atoms with Gasteiger partial charge in [0.15, 0.2) is 0 Å². The first-order valence-corrected chi connectivity index (χ1v) is 12.1. The molecule has 0 aliphatic rings. The van der Waals surface area contributed by atoms with E-state index in [1.54, 1.807) is 6.92 Å². The van der Waals surface area contributed by atoms with Crippen LogP contribution in [0.4, 0.5) is 0 Å². The highest BCUT2D eigenvalue weighted by Gasteiger charge is 2.20. The Hall–Kier alpha value is -3.87. The molecule has 2 atom stereocenters. The molecule has 3 aromatic carbocycles. The number of rotatable bonds is 11. The van der Waals surface area contributed by atoms with Gasteiger partial charge in [-0.05, 0) is 48.1 Å². The summed E-state index contributed by atoms with van der Waals surface area (Å²) in [5.41, 5.74) is 4.77. The third-order valence-electron chi connectivity index (χ3n) is 5.98. The van der Waals surface area contributed by atoms with Gasteiger partial charge >= 0.3 is 0 Å². The second-order valence-corrected chi connectivity index (χ2v) is 8.71.